The highest BCUT2D eigenvalue weighted by Gasteiger charge is 2.15. The normalized spacial score (nSPS) is 17.4. The van der Waals surface area contributed by atoms with Crippen molar-refractivity contribution in [2.45, 2.75) is 44.9 Å². The Morgan fingerprint density at radius 2 is 2.07 bits per heavy atom. The topological polar surface area (TPSA) is 34.4 Å². The summed E-state index contributed by atoms with van der Waals surface area (Å²) in [7, 11) is 1.91. The number of hydrogen-bond donors (Lipinski definition) is 1. The predicted molar refractivity (Wildman–Crippen MR) is 58.5 cm³/mol. The molecule has 84 valence electrons. The van der Waals surface area contributed by atoms with Gasteiger partial charge in [-0.15, -0.1) is 0 Å². The molecule has 1 fully saturated rings. The van der Waals surface area contributed by atoms with E-state index in [1.165, 1.54) is 25.7 Å². The second-order valence-corrected chi connectivity index (χ2v) is 4.12. The molecule has 0 radical (unpaired) electrons. The average molecular weight is 209 g/mol. The Morgan fingerprint density at radius 1 is 1.33 bits per heavy atom. The second kappa shape index (κ2) is 5.33. The Balaban J connectivity index is 1.77. The van der Waals surface area contributed by atoms with Crippen molar-refractivity contribution >= 4 is 0 Å². The van der Waals surface area contributed by atoms with E-state index in [0.29, 0.717) is 12.7 Å². The van der Waals surface area contributed by atoms with Crippen molar-refractivity contribution in [2.24, 2.45) is 0 Å². The van der Waals surface area contributed by atoms with Crippen LogP contribution < -0.4 is 5.32 Å². The molecular weight excluding hydrogens is 190 g/mol. The fourth-order valence-corrected chi connectivity index (χ4v) is 2.02. The maximum Gasteiger partial charge on any atom is 0.129 e. The first-order valence-corrected chi connectivity index (χ1v) is 5.72. The molecule has 1 aromatic heterocycles. The Kier molecular flexibility index (Phi) is 3.80. The highest BCUT2D eigenvalue weighted by atomic mass is 16.5. The summed E-state index contributed by atoms with van der Waals surface area (Å²) >= 11 is 0. The zero-order chi connectivity index (χ0) is 10.5. The number of furan rings is 1. The molecule has 1 N–H and O–H groups in total. The molecule has 3 heteroatoms. The van der Waals surface area contributed by atoms with E-state index in [-0.39, 0.29) is 0 Å². The van der Waals surface area contributed by atoms with Crippen LogP contribution in [0, 0.1) is 0 Å². The van der Waals surface area contributed by atoms with Crippen LogP contribution in [-0.2, 0) is 17.9 Å². The molecule has 1 heterocycles. The van der Waals surface area contributed by atoms with Crippen LogP contribution in [0.3, 0.4) is 0 Å². The molecule has 3 nitrogen and oxygen atoms in total. The van der Waals surface area contributed by atoms with Crippen molar-refractivity contribution in [2.75, 3.05) is 7.05 Å². The van der Waals surface area contributed by atoms with Crippen molar-refractivity contribution in [1.82, 2.24) is 5.32 Å². The SMILES string of the molecule is CNCc1ccc(COC2CCCC2)o1. The summed E-state index contributed by atoms with van der Waals surface area (Å²) in [5, 5.41) is 3.06. The van der Waals surface area contributed by atoms with E-state index < -0.39 is 0 Å². The molecule has 0 aromatic carbocycles. The summed E-state index contributed by atoms with van der Waals surface area (Å²) in [4.78, 5) is 0. The summed E-state index contributed by atoms with van der Waals surface area (Å²) < 4.78 is 11.4. The van der Waals surface area contributed by atoms with Crippen LogP contribution in [0.5, 0.6) is 0 Å². The van der Waals surface area contributed by atoms with E-state index in [4.69, 9.17) is 9.15 Å². The molecule has 0 unspecified atom stereocenters. The molecule has 1 saturated carbocycles. The van der Waals surface area contributed by atoms with Gasteiger partial charge in [-0.1, -0.05) is 12.8 Å². The van der Waals surface area contributed by atoms with Gasteiger partial charge in [-0.05, 0) is 32.0 Å². The monoisotopic (exact) mass is 209 g/mol. The lowest BCUT2D eigenvalue weighted by atomic mass is 10.3. The summed E-state index contributed by atoms with van der Waals surface area (Å²) in [5.41, 5.74) is 0. The number of rotatable bonds is 5. The summed E-state index contributed by atoms with van der Waals surface area (Å²) in [6.07, 6.45) is 5.51. The van der Waals surface area contributed by atoms with Crippen molar-refractivity contribution < 1.29 is 9.15 Å². The third-order valence-corrected chi connectivity index (χ3v) is 2.83. The van der Waals surface area contributed by atoms with Crippen molar-refractivity contribution in [3.63, 3.8) is 0 Å². The highest BCUT2D eigenvalue weighted by molar-refractivity contribution is 5.06. The largest absolute Gasteiger partial charge is 0.462 e. The van der Waals surface area contributed by atoms with Gasteiger partial charge in [-0.3, -0.25) is 0 Å². The molecule has 1 aliphatic rings. The van der Waals surface area contributed by atoms with Gasteiger partial charge in [0, 0.05) is 0 Å². The fraction of sp³-hybridized carbons (Fsp3) is 0.667. The maximum atomic E-state index is 5.77. The van der Waals surface area contributed by atoms with Crippen LogP contribution in [0.25, 0.3) is 0 Å². The third kappa shape index (κ3) is 3.08. The van der Waals surface area contributed by atoms with E-state index in [2.05, 4.69) is 5.32 Å². The third-order valence-electron chi connectivity index (χ3n) is 2.83. The number of ether oxygens (including phenoxy) is 1. The smallest absolute Gasteiger partial charge is 0.129 e. The Hall–Kier alpha value is -0.800. The molecule has 0 amide bonds. The average Bonchev–Trinajstić information content (AvgIpc) is 2.85. The van der Waals surface area contributed by atoms with E-state index >= 15 is 0 Å². The van der Waals surface area contributed by atoms with Gasteiger partial charge >= 0.3 is 0 Å². The van der Waals surface area contributed by atoms with Crippen LogP contribution in [0.4, 0.5) is 0 Å². The molecule has 0 aliphatic heterocycles. The Morgan fingerprint density at radius 3 is 2.80 bits per heavy atom. The molecule has 0 bridgehead atoms. The zero-order valence-electron chi connectivity index (χ0n) is 9.29. The van der Waals surface area contributed by atoms with Gasteiger partial charge in [0.1, 0.15) is 18.1 Å². The molecule has 2 rings (SSSR count). The number of nitrogens with one attached hydrogen (secondary N) is 1. The van der Waals surface area contributed by atoms with Crippen LogP contribution in [-0.4, -0.2) is 13.2 Å². The summed E-state index contributed by atoms with van der Waals surface area (Å²) in [6, 6.07) is 4.01. The second-order valence-electron chi connectivity index (χ2n) is 4.12. The molecule has 0 atom stereocenters. The van der Waals surface area contributed by atoms with Crippen LogP contribution in [0.2, 0.25) is 0 Å². The van der Waals surface area contributed by atoms with Crippen LogP contribution >= 0.6 is 0 Å². The molecule has 1 aromatic rings. The quantitative estimate of drug-likeness (QED) is 0.809. The molecule has 0 spiro atoms. The van der Waals surface area contributed by atoms with Gasteiger partial charge in [-0.25, -0.2) is 0 Å². The summed E-state index contributed by atoms with van der Waals surface area (Å²) in [6.45, 7) is 1.40. The fourth-order valence-electron chi connectivity index (χ4n) is 2.02. The molecule has 0 saturated heterocycles. The zero-order valence-corrected chi connectivity index (χ0v) is 9.29. The highest BCUT2D eigenvalue weighted by Crippen LogP contribution is 2.22. The van der Waals surface area contributed by atoms with Gasteiger partial charge in [0.15, 0.2) is 0 Å². The van der Waals surface area contributed by atoms with E-state index in [9.17, 15) is 0 Å². The van der Waals surface area contributed by atoms with Crippen LogP contribution in [0.15, 0.2) is 16.5 Å². The number of hydrogen-bond acceptors (Lipinski definition) is 3. The van der Waals surface area contributed by atoms with Gasteiger partial charge in [-0.2, -0.15) is 0 Å². The van der Waals surface area contributed by atoms with Crippen molar-refractivity contribution in [3.8, 4) is 0 Å². The first kappa shape index (κ1) is 10.7. The minimum atomic E-state index is 0.461. The standard InChI is InChI=1S/C12H19NO2/c1-13-8-11-6-7-12(15-11)9-14-10-4-2-3-5-10/h6-7,10,13H,2-5,8-9H2,1H3. The maximum absolute atomic E-state index is 5.77. The van der Waals surface area contributed by atoms with Gasteiger partial charge < -0.3 is 14.5 Å². The lowest BCUT2D eigenvalue weighted by molar-refractivity contribution is 0.0352. The molecule has 15 heavy (non-hydrogen) atoms. The summed E-state index contributed by atoms with van der Waals surface area (Å²) in [5.74, 6) is 1.91. The predicted octanol–water partition coefficient (Wildman–Crippen LogP) is 2.46. The van der Waals surface area contributed by atoms with E-state index in [0.717, 1.165) is 18.1 Å². The van der Waals surface area contributed by atoms with Crippen molar-refractivity contribution in [3.05, 3.63) is 23.7 Å². The minimum absolute atomic E-state index is 0.461. The van der Waals surface area contributed by atoms with Crippen LogP contribution in [0.1, 0.15) is 37.2 Å². The lowest BCUT2D eigenvalue weighted by Gasteiger charge is -2.08. The van der Waals surface area contributed by atoms with Crippen molar-refractivity contribution in [1.29, 1.82) is 0 Å². The van der Waals surface area contributed by atoms with Gasteiger partial charge in [0.25, 0.3) is 0 Å². The first-order chi connectivity index (χ1) is 7.38. The Bertz CT molecular complexity index is 290. The van der Waals surface area contributed by atoms with Gasteiger partial charge in [0.2, 0.25) is 0 Å². The van der Waals surface area contributed by atoms with E-state index in [1.54, 1.807) is 0 Å². The Labute approximate surface area is 90.8 Å². The van der Waals surface area contributed by atoms with E-state index in [1.807, 2.05) is 19.2 Å². The molecular formula is C12H19NO2. The minimum Gasteiger partial charge on any atom is -0.462 e. The first-order valence-electron chi connectivity index (χ1n) is 5.72. The lowest BCUT2D eigenvalue weighted by Crippen LogP contribution is -2.06. The molecule has 1 aliphatic carbocycles. The van der Waals surface area contributed by atoms with Gasteiger partial charge in [0.05, 0.1) is 12.6 Å².